The van der Waals surface area contributed by atoms with Crippen LogP contribution in [0, 0.1) is 0 Å². The SMILES string of the molecule is [O-2].[O]=[Ge+2].[SiH4]. The van der Waals surface area contributed by atoms with Gasteiger partial charge in [0.25, 0.3) is 0 Å². The van der Waals surface area contributed by atoms with Gasteiger partial charge in [-0.15, -0.1) is 0 Å². The van der Waals surface area contributed by atoms with Gasteiger partial charge in [0, 0.05) is 0 Å². The Labute approximate surface area is 37.4 Å². The maximum atomic E-state index is 8.25. The van der Waals surface area contributed by atoms with Crippen LogP contribution in [-0.4, -0.2) is 27.4 Å². The molecule has 4 heavy (non-hydrogen) atoms. The first-order valence-electron chi connectivity index (χ1n) is 0.204. The van der Waals surface area contributed by atoms with Crippen LogP contribution in [0.2, 0.25) is 0 Å². The molecule has 0 aliphatic rings. The van der Waals surface area contributed by atoms with Crippen molar-refractivity contribution in [1.29, 1.82) is 0 Å². The van der Waals surface area contributed by atoms with Crippen LogP contribution in [0.25, 0.3) is 0 Å². The van der Waals surface area contributed by atoms with Crippen LogP contribution in [0.1, 0.15) is 0 Å². The van der Waals surface area contributed by atoms with E-state index < -0.39 is 0 Å². The van der Waals surface area contributed by atoms with Gasteiger partial charge in [0.2, 0.25) is 0 Å². The van der Waals surface area contributed by atoms with Crippen molar-refractivity contribution in [3.05, 3.63) is 0 Å². The molecule has 24 valence electrons. The van der Waals surface area contributed by atoms with Gasteiger partial charge in [-0.05, 0) is 11.0 Å². The second kappa shape index (κ2) is 82.7. The van der Waals surface area contributed by atoms with Gasteiger partial charge in [0.1, 0.15) is 0 Å². The van der Waals surface area contributed by atoms with E-state index in [4.69, 9.17) is 3.78 Å². The Morgan fingerprint density at radius 3 is 1.25 bits per heavy atom. The summed E-state index contributed by atoms with van der Waals surface area (Å²) in [5.41, 5.74) is 0. The van der Waals surface area contributed by atoms with Crippen LogP contribution in [0.3, 0.4) is 0 Å². The summed E-state index contributed by atoms with van der Waals surface area (Å²) in [5, 5.41) is 0. The van der Waals surface area contributed by atoms with Gasteiger partial charge in [-0.3, -0.25) is 0 Å². The summed E-state index contributed by atoms with van der Waals surface area (Å²) in [6, 6.07) is 0. The maximum Gasteiger partial charge on any atom is -0.0149 e. The van der Waals surface area contributed by atoms with Gasteiger partial charge in [-0.1, -0.05) is 0 Å². The fourth-order valence-electron chi connectivity index (χ4n) is 0. The molecule has 0 amide bonds. The standard InChI is InChI=1S/GeO.O.H4Si/c1-2;;/h;;1H4/q+2;-2;. The Morgan fingerprint density at radius 2 is 1.25 bits per heavy atom. The third-order valence-electron chi connectivity index (χ3n) is 0. The van der Waals surface area contributed by atoms with E-state index in [9.17, 15) is 0 Å². The summed E-state index contributed by atoms with van der Waals surface area (Å²) >= 11 is 0.750. The molecule has 0 aromatic carbocycles. The quantitative estimate of drug-likeness (QED) is 0.353. The van der Waals surface area contributed by atoms with Gasteiger partial charge in [0.05, 0.1) is 0 Å². The molecule has 0 spiro atoms. The molecule has 0 fully saturated rings. The normalized spacial score (nSPS) is 1.50. The molecule has 0 atom stereocenters. The minimum absolute atomic E-state index is 0. The first-order valence-corrected chi connectivity index (χ1v) is 1.06. The van der Waals surface area contributed by atoms with Crippen molar-refractivity contribution >= 4 is 27.4 Å². The molecule has 0 unspecified atom stereocenters. The smallest absolute Gasteiger partial charge is 0.0149 e. The molecular weight excluding hydrogens is 133 g/mol. The second-order valence-corrected chi connectivity index (χ2v) is 0. The monoisotopic (exact) mass is 138 g/mol. The molecule has 0 aromatic heterocycles. The largest absolute Gasteiger partial charge is 0.0149 e. The van der Waals surface area contributed by atoms with Crippen LogP contribution >= 0.6 is 0 Å². The zero-order chi connectivity index (χ0) is 2.00. The van der Waals surface area contributed by atoms with Crippen molar-refractivity contribution < 1.29 is 9.25 Å². The van der Waals surface area contributed by atoms with Gasteiger partial charge in [0.15, 0.2) is 0 Å². The topological polar surface area (TPSA) is 45.6 Å². The van der Waals surface area contributed by atoms with E-state index in [0.717, 1.165) is 16.5 Å². The Balaban J connectivity index is -0.00000000500. The molecule has 2 nitrogen and oxygen atoms in total. The maximum absolute atomic E-state index is 8.25. The van der Waals surface area contributed by atoms with E-state index >= 15 is 0 Å². The first kappa shape index (κ1) is 24.2. The second-order valence-electron chi connectivity index (χ2n) is 0. The van der Waals surface area contributed by atoms with Gasteiger partial charge in [-0.25, -0.2) is 0 Å². The molecule has 4 heteroatoms. The summed E-state index contributed by atoms with van der Waals surface area (Å²) < 4.78 is 8.25. The molecule has 0 heterocycles. The summed E-state index contributed by atoms with van der Waals surface area (Å²) in [6.07, 6.45) is 0. The van der Waals surface area contributed by atoms with E-state index in [1.807, 2.05) is 0 Å². The minimum Gasteiger partial charge on any atom is -0.0149 e. The Hall–Kier alpha value is 0.520. The molecule has 0 saturated carbocycles. The number of hydrogen-bond donors (Lipinski definition) is 0. The van der Waals surface area contributed by atoms with Crippen LogP contribution in [0.5, 0.6) is 0 Å². The molecule has 0 N–H and O–H groups in total. The van der Waals surface area contributed by atoms with Crippen molar-refractivity contribution in [2.75, 3.05) is 0 Å². The average Bonchev–Trinajstić information content (AvgIpc) is 1.00. The first-order chi connectivity index (χ1) is 1.00. The predicted molar refractivity (Wildman–Crippen MR) is 18.5 cm³/mol. The van der Waals surface area contributed by atoms with Gasteiger partial charge < -0.3 is 5.48 Å². The summed E-state index contributed by atoms with van der Waals surface area (Å²) in [4.78, 5) is 0. The third-order valence-corrected chi connectivity index (χ3v) is 0. The predicted octanol–water partition coefficient (Wildman–Crippen LogP) is -2.07. The molecule has 0 saturated heterocycles. The zero-order valence-corrected chi connectivity index (χ0v) is 3.41. The molecule has 0 aliphatic carbocycles. The van der Waals surface area contributed by atoms with Crippen molar-refractivity contribution in [2.45, 2.75) is 0 Å². The van der Waals surface area contributed by atoms with Crippen molar-refractivity contribution in [3.8, 4) is 0 Å². The molecule has 0 aromatic rings. The third kappa shape index (κ3) is 21.5. The van der Waals surface area contributed by atoms with Crippen LogP contribution < -0.4 is 0 Å². The molecule has 0 radical (unpaired) electrons. The molecule has 0 bridgehead atoms. The van der Waals surface area contributed by atoms with E-state index in [0.29, 0.717) is 0 Å². The van der Waals surface area contributed by atoms with Crippen molar-refractivity contribution in [2.24, 2.45) is 0 Å². The Morgan fingerprint density at radius 1 is 1.25 bits per heavy atom. The number of hydrogen-bond acceptors (Lipinski definition) is 1. The summed E-state index contributed by atoms with van der Waals surface area (Å²) in [7, 11) is 0. The molecule has 0 aliphatic heterocycles. The minimum atomic E-state index is 0. The van der Waals surface area contributed by atoms with Gasteiger partial charge in [-0.2, -0.15) is 0 Å². The molecule has 0 rings (SSSR count). The summed E-state index contributed by atoms with van der Waals surface area (Å²) in [5.74, 6) is 0. The van der Waals surface area contributed by atoms with Crippen LogP contribution in [-0.2, 0) is 9.25 Å². The fraction of sp³-hybridized carbons (Fsp3) is 0. The zero-order valence-electron chi connectivity index (χ0n) is 1.32. The molecular formula is H4GeO2Si. The number of rotatable bonds is 0. The van der Waals surface area contributed by atoms with E-state index in [1.54, 1.807) is 0 Å². The van der Waals surface area contributed by atoms with Gasteiger partial charge >= 0.3 is 20.2 Å². The fourth-order valence-corrected chi connectivity index (χ4v) is 0. The van der Waals surface area contributed by atoms with E-state index in [2.05, 4.69) is 0 Å². The van der Waals surface area contributed by atoms with Crippen molar-refractivity contribution in [1.82, 2.24) is 0 Å². The van der Waals surface area contributed by atoms with Crippen molar-refractivity contribution in [3.63, 3.8) is 0 Å². The van der Waals surface area contributed by atoms with E-state index in [1.165, 1.54) is 0 Å². The Kier molecular flexibility index (Phi) is 501. The van der Waals surface area contributed by atoms with Crippen LogP contribution in [0.4, 0.5) is 0 Å². The van der Waals surface area contributed by atoms with Crippen LogP contribution in [0.15, 0.2) is 0 Å². The summed E-state index contributed by atoms with van der Waals surface area (Å²) in [6.45, 7) is 0. The Bertz CT molecular complexity index is 6.00. The average molecular weight is 137 g/mol. The van der Waals surface area contributed by atoms with E-state index in [-0.39, 0.29) is 16.4 Å².